The van der Waals surface area contributed by atoms with Crippen molar-refractivity contribution < 1.29 is 0 Å². The summed E-state index contributed by atoms with van der Waals surface area (Å²) >= 11 is 11.5. The highest BCUT2D eigenvalue weighted by Crippen LogP contribution is 2.19. The Labute approximate surface area is 153 Å². The van der Waals surface area contributed by atoms with Crippen molar-refractivity contribution in [3.8, 4) is 0 Å². The van der Waals surface area contributed by atoms with Gasteiger partial charge in [0.15, 0.2) is 5.11 Å². The van der Waals surface area contributed by atoms with E-state index < -0.39 is 0 Å². The summed E-state index contributed by atoms with van der Waals surface area (Å²) in [6.07, 6.45) is 5.64. The van der Waals surface area contributed by atoms with E-state index in [1.807, 2.05) is 42.6 Å². The Hall–Kier alpha value is -1.85. The van der Waals surface area contributed by atoms with Gasteiger partial charge in [-0.05, 0) is 55.2 Å². The van der Waals surface area contributed by atoms with Crippen LogP contribution in [0, 0.1) is 0 Å². The molecular weight excluding hydrogens is 340 g/mol. The van der Waals surface area contributed by atoms with E-state index >= 15 is 0 Å². The first-order valence-electron chi connectivity index (χ1n) is 8.21. The van der Waals surface area contributed by atoms with Crippen LogP contribution in [0.5, 0.6) is 0 Å². The Bertz CT molecular complexity index is 684. The van der Waals surface area contributed by atoms with Crippen molar-refractivity contribution in [3.05, 3.63) is 53.2 Å². The predicted octanol–water partition coefficient (Wildman–Crippen LogP) is 4.21. The minimum Gasteiger partial charge on any atom is -0.358 e. The fourth-order valence-corrected chi connectivity index (χ4v) is 3.16. The van der Waals surface area contributed by atoms with E-state index in [0.717, 1.165) is 35.2 Å². The van der Waals surface area contributed by atoms with Gasteiger partial charge in [-0.1, -0.05) is 29.8 Å². The number of nitrogens with zero attached hydrogens (tertiary/aromatic N) is 2. The summed E-state index contributed by atoms with van der Waals surface area (Å²) in [7, 11) is 0. The Balaban J connectivity index is 1.52. The van der Waals surface area contributed by atoms with E-state index in [0.29, 0.717) is 11.7 Å². The fourth-order valence-electron chi connectivity index (χ4n) is 2.76. The second-order valence-corrected chi connectivity index (χ2v) is 6.67. The van der Waals surface area contributed by atoms with E-state index in [4.69, 9.17) is 23.8 Å². The predicted molar refractivity (Wildman–Crippen MR) is 105 cm³/mol. The van der Waals surface area contributed by atoms with Crippen molar-refractivity contribution in [1.82, 2.24) is 10.3 Å². The lowest BCUT2D eigenvalue weighted by molar-refractivity contribution is 0.573. The molecule has 1 aromatic carbocycles. The van der Waals surface area contributed by atoms with E-state index in [2.05, 4.69) is 20.5 Å². The summed E-state index contributed by atoms with van der Waals surface area (Å²) in [5.41, 5.74) is 1.90. The van der Waals surface area contributed by atoms with Crippen LogP contribution in [-0.2, 0) is 6.54 Å². The van der Waals surface area contributed by atoms with Gasteiger partial charge < -0.3 is 15.5 Å². The minimum atomic E-state index is 0.558. The van der Waals surface area contributed by atoms with Gasteiger partial charge in [0, 0.05) is 24.7 Å². The lowest BCUT2D eigenvalue weighted by Gasteiger charge is -2.27. The number of halogens is 1. The van der Waals surface area contributed by atoms with Gasteiger partial charge in [-0.15, -0.1) is 0 Å². The molecule has 0 unspecified atom stereocenters. The number of rotatable bonds is 4. The number of aromatic nitrogens is 1. The number of anilines is 2. The summed E-state index contributed by atoms with van der Waals surface area (Å²) in [5, 5.41) is 7.62. The van der Waals surface area contributed by atoms with Gasteiger partial charge >= 0.3 is 0 Å². The average molecular weight is 361 g/mol. The lowest BCUT2D eigenvalue weighted by Crippen LogP contribution is -2.30. The zero-order valence-corrected chi connectivity index (χ0v) is 15.0. The van der Waals surface area contributed by atoms with E-state index in [-0.39, 0.29) is 0 Å². The molecule has 126 valence electrons. The largest absolute Gasteiger partial charge is 0.358 e. The fraction of sp³-hybridized carbons (Fsp3) is 0.333. The molecule has 0 aliphatic carbocycles. The van der Waals surface area contributed by atoms with Gasteiger partial charge in [0.25, 0.3) is 0 Å². The molecule has 1 aromatic heterocycles. The molecule has 3 rings (SSSR count). The zero-order chi connectivity index (χ0) is 16.8. The molecule has 1 aliphatic heterocycles. The molecule has 0 amide bonds. The maximum atomic E-state index is 6.14. The Morgan fingerprint density at radius 3 is 2.62 bits per heavy atom. The number of thiocarbonyl (C=S) groups is 1. The highest BCUT2D eigenvalue weighted by Gasteiger charge is 2.11. The molecule has 0 saturated carbocycles. The standard InChI is InChI=1S/C18H21ClN4S/c19-16-7-3-2-6-14(16)12-21-18(24)22-15-8-9-17(20-13-15)23-10-4-1-5-11-23/h2-3,6-9,13H,1,4-5,10-12H2,(H2,21,22,24). The molecule has 0 atom stereocenters. The molecule has 2 N–H and O–H groups in total. The van der Waals surface area contributed by atoms with Crippen molar-refractivity contribution in [3.63, 3.8) is 0 Å². The Morgan fingerprint density at radius 1 is 1.12 bits per heavy atom. The van der Waals surface area contributed by atoms with Crippen LogP contribution >= 0.6 is 23.8 Å². The van der Waals surface area contributed by atoms with Gasteiger partial charge in [-0.3, -0.25) is 0 Å². The summed E-state index contributed by atoms with van der Waals surface area (Å²) in [5.74, 6) is 1.04. The number of hydrogen-bond donors (Lipinski definition) is 2. The quantitative estimate of drug-likeness (QED) is 0.799. The molecule has 0 bridgehead atoms. The maximum Gasteiger partial charge on any atom is 0.171 e. The second kappa shape index (κ2) is 8.31. The highest BCUT2D eigenvalue weighted by atomic mass is 35.5. The van der Waals surface area contributed by atoms with Crippen LogP contribution in [0.15, 0.2) is 42.6 Å². The first-order valence-corrected chi connectivity index (χ1v) is 9.00. The van der Waals surface area contributed by atoms with E-state index in [1.54, 1.807) is 0 Å². The van der Waals surface area contributed by atoms with Crippen LogP contribution in [0.4, 0.5) is 11.5 Å². The first kappa shape index (κ1) is 17.0. The number of hydrogen-bond acceptors (Lipinski definition) is 3. The van der Waals surface area contributed by atoms with Crippen LogP contribution in [0.25, 0.3) is 0 Å². The summed E-state index contributed by atoms with van der Waals surface area (Å²) < 4.78 is 0. The van der Waals surface area contributed by atoms with E-state index in [1.165, 1.54) is 19.3 Å². The minimum absolute atomic E-state index is 0.558. The molecule has 6 heteroatoms. The van der Waals surface area contributed by atoms with Crippen LogP contribution in [0.3, 0.4) is 0 Å². The normalized spacial score (nSPS) is 14.3. The third kappa shape index (κ3) is 4.58. The Kier molecular flexibility index (Phi) is 5.88. The van der Waals surface area contributed by atoms with Gasteiger partial charge in [0.05, 0.1) is 11.9 Å². The SMILES string of the molecule is S=C(NCc1ccccc1Cl)Nc1ccc(N2CCCCC2)nc1. The van der Waals surface area contributed by atoms with Crippen LogP contribution in [0.1, 0.15) is 24.8 Å². The Morgan fingerprint density at radius 2 is 1.92 bits per heavy atom. The van der Waals surface area contributed by atoms with Crippen LogP contribution in [0.2, 0.25) is 5.02 Å². The van der Waals surface area contributed by atoms with Crippen molar-refractivity contribution in [2.75, 3.05) is 23.3 Å². The van der Waals surface area contributed by atoms with Crippen molar-refractivity contribution >= 4 is 40.4 Å². The molecule has 1 saturated heterocycles. The third-order valence-electron chi connectivity index (χ3n) is 4.08. The van der Waals surface area contributed by atoms with Crippen molar-refractivity contribution in [2.24, 2.45) is 0 Å². The zero-order valence-electron chi connectivity index (χ0n) is 13.5. The van der Waals surface area contributed by atoms with Crippen LogP contribution in [-0.4, -0.2) is 23.2 Å². The first-order chi connectivity index (χ1) is 11.7. The van der Waals surface area contributed by atoms with Gasteiger partial charge in [-0.2, -0.15) is 0 Å². The molecule has 0 radical (unpaired) electrons. The molecule has 0 spiro atoms. The summed E-state index contributed by atoms with van der Waals surface area (Å²) in [6, 6.07) is 11.8. The third-order valence-corrected chi connectivity index (χ3v) is 4.70. The molecule has 24 heavy (non-hydrogen) atoms. The van der Waals surface area contributed by atoms with Gasteiger partial charge in [0.2, 0.25) is 0 Å². The number of nitrogens with one attached hydrogen (secondary N) is 2. The van der Waals surface area contributed by atoms with E-state index in [9.17, 15) is 0 Å². The average Bonchev–Trinajstić information content (AvgIpc) is 2.62. The van der Waals surface area contributed by atoms with Gasteiger partial charge in [-0.25, -0.2) is 4.98 Å². The highest BCUT2D eigenvalue weighted by molar-refractivity contribution is 7.80. The van der Waals surface area contributed by atoms with Crippen molar-refractivity contribution in [1.29, 1.82) is 0 Å². The molecule has 4 nitrogen and oxygen atoms in total. The molecule has 2 heterocycles. The maximum absolute atomic E-state index is 6.14. The number of benzene rings is 1. The monoisotopic (exact) mass is 360 g/mol. The molecule has 1 aliphatic rings. The topological polar surface area (TPSA) is 40.2 Å². The summed E-state index contributed by atoms with van der Waals surface area (Å²) in [6.45, 7) is 2.78. The summed E-state index contributed by atoms with van der Waals surface area (Å²) in [4.78, 5) is 6.88. The number of pyridine rings is 1. The molecular formula is C18H21ClN4S. The van der Waals surface area contributed by atoms with Crippen molar-refractivity contribution in [2.45, 2.75) is 25.8 Å². The lowest BCUT2D eigenvalue weighted by atomic mass is 10.1. The van der Waals surface area contributed by atoms with Gasteiger partial charge in [0.1, 0.15) is 5.82 Å². The second-order valence-electron chi connectivity index (χ2n) is 5.85. The smallest absolute Gasteiger partial charge is 0.171 e. The number of piperidine rings is 1. The molecule has 1 fully saturated rings. The van der Waals surface area contributed by atoms with Crippen LogP contribution < -0.4 is 15.5 Å². The molecule has 2 aromatic rings.